The number of hydrogen-bond acceptors (Lipinski definition) is 4. The van der Waals surface area contributed by atoms with Crippen molar-refractivity contribution in [1.82, 2.24) is 10.3 Å². The molecular formula is C19H29N3OS. The third kappa shape index (κ3) is 2.80. The zero-order valence-electron chi connectivity index (χ0n) is 14.8. The second-order valence-corrected chi connectivity index (χ2v) is 9.45. The van der Waals surface area contributed by atoms with Gasteiger partial charge < -0.3 is 11.1 Å². The van der Waals surface area contributed by atoms with E-state index < -0.39 is 0 Å². The van der Waals surface area contributed by atoms with E-state index in [4.69, 9.17) is 5.73 Å². The summed E-state index contributed by atoms with van der Waals surface area (Å²) in [5.41, 5.74) is 6.90. The van der Waals surface area contributed by atoms with Crippen LogP contribution in [0, 0.1) is 23.2 Å². The number of hydrogen-bond donors (Lipinski definition) is 2. The van der Waals surface area contributed by atoms with E-state index in [0.29, 0.717) is 11.1 Å². The molecule has 0 aliphatic heterocycles. The summed E-state index contributed by atoms with van der Waals surface area (Å²) in [5, 5.41) is 6.01. The van der Waals surface area contributed by atoms with Gasteiger partial charge in [0.15, 0.2) is 0 Å². The molecule has 0 saturated heterocycles. The van der Waals surface area contributed by atoms with Gasteiger partial charge in [-0.25, -0.2) is 4.98 Å². The van der Waals surface area contributed by atoms with Gasteiger partial charge in [0.25, 0.3) is 5.91 Å². The zero-order chi connectivity index (χ0) is 16.9. The Balaban J connectivity index is 1.45. The molecule has 1 amide bonds. The zero-order valence-corrected chi connectivity index (χ0v) is 15.6. The number of nitrogens with two attached hydrogens (primary N) is 1. The topological polar surface area (TPSA) is 68.0 Å². The van der Waals surface area contributed by atoms with Crippen molar-refractivity contribution >= 4 is 17.2 Å². The van der Waals surface area contributed by atoms with Gasteiger partial charge in [-0.2, -0.15) is 0 Å². The van der Waals surface area contributed by atoms with Crippen LogP contribution >= 0.6 is 11.3 Å². The average Bonchev–Trinajstić information content (AvgIpc) is 3.03. The van der Waals surface area contributed by atoms with Crippen molar-refractivity contribution in [3.63, 3.8) is 0 Å². The van der Waals surface area contributed by atoms with E-state index in [1.54, 1.807) is 0 Å². The van der Waals surface area contributed by atoms with Crippen LogP contribution in [0.3, 0.4) is 0 Å². The Hall–Kier alpha value is -0.940. The minimum absolute atomic E-state index is 0.0240. The number of rotatable bonds is 5. The molecule has 4 aliphatic carbocycles. The Labute approximate surface area is 148 Å². The number of amides is 1. The Bertz CT molecular complexity index is 591. The minimum atomic E-state index is -0.0582. The largest absolute Gasteiger partial charge is 0.348 e. The summed E-state index contributed by atoms with van der Waals surface area (Å²) in [4.78, 5) is 17.1. The first-order valence-electron chi connectivity index (χ1n) is 9.51. The lowest BCUT2D eigenvalue weighted by molar-refractivity contribution is -0.0688. The molecular weight excluding hydrogens is 318 g/mol. The van der Waals surface area contributed by atoms with Crippen LogP contribution in [0.5, 0.6) is 0 Å². The van der Waals surface area contributed by atoms with Crippen molar-refractivity contribution in [2.24, 2.45) is 28.9 Å². The highest BCUT2D eigenvalue weighted by Gasteiger charge is 2.53. The molecule has 0 spiro atoms. The highest BCUT2D eigenvalue weighted by molar-refractivity contribution is 7.09. The molecule has 5 rings (SSSR count). The third-order valence-corrected chi connectivity index (χ3v) is 7.84. The van der Waals surface area contributed by atoms with E-state index in [2.05, 4.69) is 17.2 Å². The third-order valence-electron chi connectivity index (χ3n) is 6.86. The van der Waals surface area contributed by atoms with Gasteiger partial charge in [-0.05, 0) is 75.0 Å². The summed E-state index contributed by atoms with van der Waals surface area (Å²) < 4.78 is 0. The molecule has 4 bridgehead atoms. The number of nitrogens with one attached hydrogen (secondary N) is 1. The standard InChI is InChI=1S/C19H29N3OS/c1-3-15(20)18-22-16(10-24-18)17(23)21-11(2)19-7-12-4-13(8-19)6-14(5-12)9-19/h10-15H,3-9,20H2,1-2H3,(H,21,23). The van der Waals surface area contributed by atoms with Gasteiger partial charge in [0.2, 0.25) is 0 Å². The fourth-order valence-electron chi connectivity index (χ4n) is 5.87. The van der Waals surface area contributed by atoms with Crippen LogP contribution in [-0.4, -0.2) is 16.9 Å². The fourth-order valence-corrected chi connectivity index (χ4v) is 6.75. The average molecular weight is 348 g/mol. The van der Waals surface area contributed by atoms with Gasteiger partial charge in [-0.1, -0.05) is 6.92 Å². The highest BCUT2D eigenvalue weighted by Crippen LogP contribution is 2.61. The summed E-state index contributed by atoms with van der Waals surface area (Å²) >= 11 is 1.50. The number of carbonyl (C=O) groups is 1. The predicted octanol–water partition coefficient (Wildman–Crippen LogP) is 3.89. The van der Waals surface area contributed by atoms with Gasteiger partial charge in [0.05, 0.1) is 6.04 Å². The van der Waals surface area contributed by atoms with Crippen molar-refractivity contribution in [2.75, 3.05) is 0 Å². The summed E-state index contributed by atoms with van der Waals surface area (Å²) in [6.07, 6.45) is 9.08. The maximum Gasteiger partial charge on any atom is 0.270 e. The Morgan fingerprint density at radius 2 is 1.92 bits per heavy atom. The van der Waals surface area contributed by atoms with Crippen LogP contribution in [0.4, 0.5) is 0 Å². The minimum Gasteiger partial charge on any atom is -0.348 e. The smallest absolute Gasteiger partial charge is 0.270 e. The molecule has 24 heavy (non-hydrogen) atoms. The number of aromatic nitrogens is 1. The normalized spacial score (nSPS) is 36.5. The lowest BCUT2D eigenvalue weighted by atomic mass is 9.48. The van der Waals surface area contributed by atoms with Crippen molar-refractivity contribution in [1.29, 1.82) is 0 Å². The molecule has 1 aromatic heterocycles. The quantitative estimate of drug-likeness (QED) is 0.849. The van der Waals surface area contributed by atoms with Crippen LogP contribution in [0.1, 0.15) is 80.3 Å². The van der Waals surface area contributed by atoms with Gasteiger partial charge in [-0.3, -0.25) is 4.79 Å². The molecule has 0 radical (unpaired) electrons. The molecule has 4 fully saturated rings. The molecule has 4 nitrogen and oxygen atoms in total. The van der Waals surface area contributed by atoms with E-state index in [9.17, 15) is 4.79 Å². The second kappa shape index (κ2) is 6.10. The van der Waals surface area contributed by atoms with E-state index in [1.165, 1.54) is 49.9 Å². The fraction of sp³-hybridized carbons (Fsp3) is 0.789. The molecule has 2 atom stereocenters. The monoisotopic (exact) mass is 347 g/mol. The Morgan fingerprint density at radius 1 is 1.33 bits per heavy atom. The summed E-state index contributed by atoms with van der Waals surface area (Å²) in [7, 11) is 0. The Morgan fingerprint density at radius 3 is 2.46 bits per heavy atom. The van der Waals surface area contributed by atoms with Gasteiger partial charge in [-0.15, -0.1) is 11.3 Å². The van der Waals surface area contributed by atoms with Crippen molar-refractivity contribution in [2.45, 2.75) is 70.9 Å². The first-order valence-corrected chi connectivity index (χ1v) is 10.4. The van der Waals surface area contributed by atoms with E-state index in [1.807, 2.05) is 12.3 Å². The van der Waals surface area contributed by atoms with Crippen LogP contribution in [0.2, 0.25) is 0 Å². The maximum absolute atomic E-state index is 12.7. The van der Waals surface area contributed by atoms with Gasteiger partial charge in [0, 0.05) is 11.4 Å². The molecule has 5 heteroatoms. The molecule has 132 valence electrons. The number of carbonyl (C=O) groups excluding carboxylic acids is 1. The lowest BCUT2D eigenvalue weighted by Gasteiger charge is -2.59. The first-order chi connectivity index (χ1) is 11.5. The summed E-state index contributed by atoms with van der Waals surface area (Å²) in [6.45, 7) is 4.26. The van der Waals surface area contributed by atoms with Crippen LogP contribution < -0.4 is 11.1 Å². The summed E-state index contributed by atoms with van der Waals surface area (Å²) in [5.74, 6) is 2.70. The van der Waals surface area contributed by atoms with E-state index >= 15 is 0 Å². The highest BCUT2D eigenvalue weighted by atomic mass is 32.1. The van der Waals surface area contributed by atoms with Crippen LogP contribution in [0.15, 0.2) is 5.38 Å². The van der Waals surface area contributed by atoms with Gasteiger partial charge >= 0.3 is 0 Å². The van der Waals surface area contributed by atoms with Gasteiger partial charge in [0.1, 0.15) is 10.7 Å². The lowest BCUT2D eigenvalue weighted by Crippen LogP contribution is -2.55. The molecule has 3 N–H and O–H groups in total. The van der Waals surface area contributed by atoms with Crippen molar-refractivity contribution in [3.05, 3.63) is 16.1 Å². The molecule has 2 unspecified atom stereocenters. The second-order valence-electron chi connectivity index (χ2n) is 8.56. The first kappa shape index (κ1) is 16.5. The number of nitrogens with zero attached hydrogens (tertiary/aromatic N) is 1. The molecule has 1 aromatic rings. The van der Waals surface area contributed by atoms with Crippen molar-refractivity contribution < 1.29 is 4.79 Å². The van der Waals surface area contributed by atoms with Crippen LogP contribution in [0.25, 0.3) is 0 Å². The molecule has 1 heterocycles. The number of thiazole rings is 1. The predicted molar refractivity (Wildman–Crippen MR) is 96.9 cm³/mol. The summed E-state index contributed by atoms with van der Waals surface area (Å²) in [6, 6.07) is 0.181. The maximum atomic E-state index is 12.7. The molecule has 4 saturated carbocycles. The molecule has 4 aliphatic rings. The van der Waals surface area contributed by atoms with Crippen molar-refractivity contribution in [3.8, 4) is 0 Å². The molecule has 0 aromatic carbocycles. The van der Waals surface area contributed by atoms with Crippen LogP contribution in [-0.2, 0) is 0 Å². The SMILES string of the molecule is CCC(N)c1nc(C(=O)NC(C)C23CC4CC(CC(C4)C2)C3)cs1. The van der Waals surface area contributed by atoms with E-state index in [-0.39, 0.29) is 18.0 Å². The van der Waals surface area contributed by atoms with E-state index in [0.717, 1.165) is 29.2 Å². The Kier molecular flexibility index (Phi) is 4.20.